The zero-order valence-corrected chi connectivity index (χ0v) is 17.0. The van der Waals surface area contributed by atoms with E-state index < -0.39 is 5.92 Å². The van der Waals surface area contributed by atoms with Crippen LogP contribution in [0.3, 0.4) is 0 Å². The number of carbonyl (C=O) groups is 3. The lowest BCUT2D eigenvalue weighted by atomic mass is 9.89. The van der Waals surface area contributed by atoms with Gasteiger partial charge < -0.3 is 5.32 Å². The highest BCUT2D eigenvalue weighted by atomic mass is 32.1. The van der Waals surface area contributed by atoms with Gasteiger partial charge in [0.05, 0.1) is 22.1 Å². The number of pyridine rings is 1. The van der Waals surface area contributed by atoms with Crippen LogP contribution in [-0.2, 0) is 17.6 Å². The average molecular weight is 427 g/mol. The van der Waals surface area contributed by atoms with Crippen molar-refractivity contribution in [2.24, 2.45) is 5.92 Å². The van der Waals surface area contributed by atoms with E-state index >= 15 is 0 Å². The number of nitrogens with one attached hydrogen (secondary N) is 2. The molecule has 0 saturated heterocycles. The van der Waals surface area contributed by atoms with Crippen LogP contribution >= 0.6 is 22.7 Å². The maximum absolute atomic E-state index is 12.5. The van der Waals surface area contributed by atoms with E-state index in [-0.39, 0.29) is 24.0 Å². The predicted molar refractivity (Wildman–Crippen MR) is 111 cm³/mol. The summed E-state index contributed by atoms with van der Waals surface area (Å²) in [5.74, 6) is -1.000. The molecular weight excluding hydrogens is 408 g/mol. The molecule has 4 rings (SSSR count). The second-order valence-electron chi connectivity index (χ2n) is 6.64. The van der Waals surface area contributed by atoms with Crippen LogP contribution < -0.4 is 10.6 Å². The van der Waals surface area contributed by atoms with E-state index in [1.54, 1.807) is 29.7 Å². The van der Waals surface area contributed by atoms with Crippen molar-refractivity contribution in [2.45, 2.75) is 19.3 Å². The minimum atomic E-state index is -0.428. The molecule has 0 radical (unpaired) electrons. The maximum Gasteiger partial charge on any atom is 0.259 e. The van der Waals surface area contributed by atoms with E-state index in [1.807, 2.05) is 17.5 Å². The fraction of sp³-hybridized carbons (Fsp3) is 0.250. The fourth-order valence-corrected chi connectivity index (χ4v) is 4.79. The standard InChI is InChI=1S/C20H18N4O3S2/c25-16-10-13(18(26)22-7-5-14-4-2-8-28-14)9-15-17(16)29-20(23-15)24-19(27)12-3-1-6-21-11-12/h1-4,6,8,11,13H,5,7,9-10H2,(H,22,26)(H,23,24,27)/t13-/m1/s1. The number of thiazole rings is 1. The number of hydrogen-bond acceptors (Lipinski definition) is 7. The first-order valence-electron chi connectivity index (χ1n) is 9.14. The predicted octanol–water partition coefficient (Wildman–Crippen LogP) is 2.96. The number of Topliss-reactive ketones (excluding diaryl/α,β-unsaturated/α-hetero) is 1. The summed E-state index contributed by atoms with van der Waals surface area (Å²) in [7, 11) is 0. The lowest BCUT2D eigenvalue weighted by Crippen LogP contribution is -2.36. The van der Waals surface area contributed by atoms with E-state index in [0.29, 0.717) is 34.2 Å². The van der Waals surface area contributed by atoms with E-state index in [9.17, 15) is 14.4 Å². The first kappa shape index (κ1) is 19.4. The Morgan fingerprint density at radius 3 is 2.86 bits per heavy atom. The summed E-state index contributed by atoms with van der Waals surface area (Å²) in [6, 6.07) is 7.34. The van der Waals surface area contributed by atoms with Crippen LogP contribution in [0.15, 0.2) is 42.0 Å². The Morgan fingerprint density at radius 1 is 1.21 bits per heavy atom. The number of rotatable bonds is 6. The van der Waals surface area contributed by atoms with Crippen molar-refractivity contribution in [3.8, 4) is 0 Å². The highest BCUT2D eigenvalue weighted by molar-refractivity contribution is 7.17. The second kappa shape index (κ2) is 8.62. The third-order valence-electron chi connectivity index (χ3n) is 4.59. The highest BCUT2D eigenvalue weighted by Crippen LogP contribution is 2.32. The van der Waals surface area contributed by atoms with Crippen molar-refractivity contribution >= 4 is 45.4 Å². The molecule has 0 saturated carbocycles. The van der Waals surface area contributed by atoms with Gasteiger partial charge in [-0.15, -0.1) is 11.3 Å². The molecule has 0 spiro atoms. The van der Waals surface area contributed by atoms with Gasteiger partial charge in [-0.25, -0.2) is 4.98 Å². The normalized spacial score (nSPS) is 15.6. The molecule has 1 aliphatic carbocycles. The van der Waals surface area contributed by atoms with Crippen molar-refractivity contribution in [3.63, 3.8) is 0 Å². The van der Waals surface area contributed by atoms with Crippen molar-refractivity contribution in [2.75, 3.05) is 11.9 Å². The van der Waals surface area contributed by atoms with Crippen LogP contribution in [0.4, 0.5) is 5.13 Å². The molecule has 3 heterocycles. The molecule has 29 heavy (non-hydrogen) atoms. The Bertz CT molecular complexity index is 1030. The summed E-state index contributed by atoms with van der Waals surface area (Å²) in [5.41, 5.74) is 0.987. The van der Waals surface area contributed by atoms with Crippen LogP contribution in [0.25, 0.3) is 0 Å². The van der Waals surface area contributed by atoms with Gasteiger partial charge in [0.25, 0.3) is 5.91 Å². The van der Waals surface area contributed by atoms with E-state index in [1.165, 1.54) is 11.1 Å². The van der Waals surface area contributed by atoms with Gasteiger partial charge in [0, 0.05) is 36.7 Å². The van der Waals surface area contributed by atoms with Crippen LogP contribution in [0.1, 0.15) is 37.0 Å². The quantitative estimate of drug-likeness (QED) is 0.631. The number of fused-ring (bicyclic) bond motifs is 1. The summed E-state index contributed by atoms with van der Waals surface area (Å²) in [5, 5.41) is 7.99. The van der Waals surface area contributed by atoms with Gasteiger partial charge in [-0.3, -0.25) is 24.7 Å². The number of ketones is 1. The summed E-state index contributed by atoms with van der Waals surface area (Å²) < 4.78 is 0. The van der Waals surface area contributed by atoms with Gasteiger partial charge in [-0.2, -0.15) is 0 Å². The molecule has 2 N–H and O–H groups in total. The van der Waals surface area contributed by atoms with Crippen molar-refractivity contribution < 1.29 is 14.4 Å². The fourth-order valence-electron chi connectivity index (χ4n) is 3.14. The third kappa shape index (κ3) is 4.57. The third-order valence-corrected chi connectivity index (χ3v) is 6.58. The number of hydrogen-bond donors (Lipinski definition) is 2. The summed E-state index contributed by atoms with van der Waals surface area (Å²) in [4.78, 5) is 47.3. The largest absolute Gasteiger partial charge is 0.355 e. The number of amides is 2. The summed E-state index contributed by atoms with van der Waals surface area (Å²) >= 11 is 2.81. The molecule has 0 aromatic carbocycles. The van der Waals surface area contributed by atoms with Crippen molar-refractivity contribution in [1.29, 1.82) is 0 Å². The van der Waals surface area contributed by atoms with Gasteiger partial charge in [0.15, 0.2) is 10.9 Å². The molecule has 3 aromatic rings. The van der Waals surface area contributed by atoms with Crippen LogP contribution in [0.2, 0.25) is 0 Å². The molecule has 3 aromatic heterocycles. The number of aromatic nitrogens is 2. The van der Waals surface area contributed by atoms with Gasteiger partial charge in [-0.05, 0) is 30.0 Å². The monoisotopic (exact) mass is 426 g/mol. The molecule has 1 aliphatic rings. The number of nitrogens with zero attached hydrogens (tertiary/aromatic N) is 2. The smallest absolute Gasteiger partial charge is 0.259 e. The number of thiophene rings is 1. The molecule has 0 bridgehead atoms. The molecule has 7 nitrogen and oxygen atoms in total. The van der Waals surface area contributed by atoms with E-state index in [4.69, 9.17) is 0 Å². The molecule has 0 fully saturated rings. The second-order valence-corrected chi connectivity index (χ2v) is 8.67. The molecule has 9 heteroatoms. The van der Waals surface area contributed by atoms with Gasteiger partial charge >= 0.3 is 0 Å². The first-order chi connectivity index (χ1) is 14.1. The Labute approximate surface area is 175 Å². The first-order valence-corrected chi connectivity index (χ1v) is 10.8. The molecule has 148 valence electrons. The summed E-state index contributed by atoms with van der Waals surface area (Å²) in [6.07, 6.45) is 4.38. The zero-order chi connectivity index (χ0) is 20.2. The Kier molecular flexibility index (Phi) is 5.77. The maximum atomic E-state index is 12.5. The summed E-state index contributed by atoms with van der Waals surface area (Å²) in [6.45, 7) is 0.542. The highest BCUT2D eigenvalue weighted by Gasteiger charge is 2.33. The Hall–Kier alpha value is -2.91. The van der Waals surface area contributed by atoms with Crippen molar-refractivity contribution in [1.82, 2.24) is 15.3 Å². The minimum absolute atomic E-state index is 0.107. The zero-order valence-electron chi connectivity index (χ0n) is 15.4. The molecular formula is C20H18N4O3S2. The van der Waals surface area contributed by atoms with Crippen LogP contribution in [0, 0.1) is 5.92 Å². The molecule has 2 amide bonds. The van der Waals surface area contributed by atoms with Crippen LogP contribution in [-0.4, -0.2) is 34.1 Å². The van der Waals surface area contributed by atoms with Crippen LogP contribution in [0.5, 0.6) is 0 Å². The lowest BCUT2D eigenvalue weighted by molar-refractivity contribution is -0.125. The topological polar surface area (TPSA) is 101 Å². The molecule has 1 atom stereocenters. The molecule has 0 aliphatic heterocycles. The number of carbonyl (C=O) groups excluding carboxylic acids is 3. The Balaban J connectivity index is 1.38. The Morgan fingerprint density at radius 2 is 2.10 bits per heavy atom. The average Bonchev–Trinajstić information content (AvgIpc) is 3.38. The molecule has 0 unspecified atom stereocenters. The lowest BCUT2D eigenvalue weighted by Gasteiger charge is -2.19. The van der Waals surface area contributed by atoms with E-state index in [0.717, 1.165) is 17.8 Å². The minimum Gasteiger partial charge on any atom is -0.355 e. The van der Waals surface area contributed by atoms with Gasteiger partial charge in [-0.1, -0.05) is 17.4 Å². The van der Waals surface area contributed by atoms with E-state index in [2.05, 4.69) is 20.6 Å². The van der Waals surface area contributed by atoms with Gasteiger partial charge in [0.2, 0.25) is 5.91 Å². The van der Waals surface area contributed by atoms with Gasteiger partial charge in [0.1, 0.15) is 0 Å². The number of anilines is 1. The SMILES string of the molecule is O=C(Nc1nc2c(s1)C(=O)C[C@H](C(=O)NCCc1cccs1)C2)c1cccnc1. The van der Waals surface area contributed by atoms with Crippen molar-refractivity contribution in [3.05, 3.63) is 63.1 Å².